The molecule has 1 saturated heterocycles. The molecule has 21 heavy (non-hydrogen) atoms. The first-order valence-corrected chi connectivity index (χ1v) is 8.36. The van der Waals surface area contributed by atoms with Crippen molar-refractivity contribution in [3.05, 3.63) is 35.5 Å². The molecular weight excluding hydrogens is 258 g/mol. The Morgan fingerprint density at radius 3 is 2.52 bits per heavy atom. The van der Waals surface area contributed by atoms with Gasteiger partial charge in [-0.3, -0.25) is 4.90 Å². The van der Waals surface area contributed by atoms with E-state index in [0.717, 1.165) is 13.1 Å². The van der Waals surface area contributed by atoms with Gasteiger partial charge in [-0.15, -0.1) is 0 Å². The zero-order valence-corrected chi connectivity index (χ0v) is 13.1. The van der Waals surface area contributed by atoms with E-state index in [9.17, 15) is 0 Å². The number of hydrogen-bond acceptors (Lipinski definition) is 2. The molecule has 2 N–H and O–H groups in total. The summed E-state index contributed by atoms with van der Waals surface area (Å²) in [7, 11) is 0. The average molecular weight is 285 g/mol. The lowest BCUT2D eigenvalue weighted by Gasteiger charge is -2.20. The number of aryl methyl sites for hydroxylation is 1. The number of hydrogen-bond donors (Lipinski definition) is 1. The van der Waals surface area contributed by atoms with Gasteiger partial charge in [0.2, 0.25) is 0 Å². The molecule has 1 aromatic carbocycles. The fourth-order valence-electron chi connectivity index (χ4n) is 3.61. The molecule has 2 aromatic rings. The van der Waals surface area contributed by atoms with Crippen LogP contribution in [-0.4, -0.2) is 22.6 Å². The van der Waals surface area contributed by atoms with Crippen LogP contribution in [0.2, 0.25) is 0 Å². The fraction of sp³-hybridized carbons (Fsp3) is 0.556. The molecule has 3 rings (SSSR count). The summed E-state index contributed by atoms with van der Waals surface area (Å²) in [6.07, 6.45) is 5.48. The highest BCUT2D eigenvalue weighted by molar-refractivity contribution is 5.84. The van der Waals surface area contributed by atoms with Crippen LogP contribution in [0.15, 0.2) is 24.3 Å². The van der Waals surface area contributed by atoms with Crippen molar-refractivity contribution in [2.24, 2.45) is 5.73 Å². The molecule has 1 fully saturated rings. The van der Waals surface area contributed by atoms with Crippen molar-refractivity contribution in [3.63, 3.8) is 0 Å². The molecule has 1 aromatic heterocycles. The molecule has 0 aliphatic carbocycles. The third kappa shape index (κ3) is 2.99. The molecule has 0 atom stereocenters. The maximum atomic E-state index is 5.90. The summed E-state index contributed by atoms with van der Waals surface area (Å²) in [5.41, 5.74) is 9.94. The quantitative estimate of drug-likeness (QED) is 0.933. The molecule has 2 heterocycles. The Morgan fingerprint density at radius 2 is 1.86 bits per heavy atom. The number of nitrogens with two attached hydrogens (primary N) is 1. The second kappa shape index (κ2) is 6.63. The van der Waals surface area contributed by atoms with E-state index in [1.54, 1.807) is 0 Å². The number of likely N-dealkylation sites (tertiary alicyclic amines) is 1. The minimum atomic E-state index is 0.619. The predicted octanol–water partition coefficient (Wildman–Crippen LogP) is 3.50. The van der Waals surface area contributed by atoms with E-state index >= 15 is 0 Å². The summed E-state index contributed by atoms with van der Waals surface area (Å²) in [5.74, 6) is 0. The Bertz CT molecular complexity index is 592. The Labute approximate surface area is 127 Å². The standard InChI is InChI=1S/C18H27N3/c1-2-21-16(14-20-10-5-3-4-6-11-20)12-17-15(13-19)8-7-9-18(17)21/h7-9,12H,2-6,10-11,13-14,19H2,1H3. The molecule has 0 amide bonds. The van der Waals surface area contributed by atoms with Gasteiger partial charge in [0, 0.05) is 36.2 Å². The van der Waals surface area contributed by atoms with E-state index in [-0.39, 0.29) is 0 Å². The second-order valence-electron chi connectivity index (χ2n) is 6.12. The third-order valence-electron chi connectivity index (χ3n) is 4.74. The van der Waals surface area contributed by atoms with Gasteiger partial charge in [0.05, 0.1) is 0 Å². The molecule has 1 aliphatic rings. The fourth-order valence-corrected chi connectivity index (χ4v) is 3.61. The summed E-state index contributed by atoms with van der Waals surface area (Å²) in [6, 6.07) is 8.88. The smallest absolute Gasteiger partial charge is 0.0486 e. The van der Waals surface area contributed by atoms with Gasteiger partial charge in [-0.1, -0.05) is 25.0 Å². The van der Waals surface area contributed by atoms with E-state index in [2.05, 4.69) is 40.7 Å². The Kier molecular flexibility index (Phi) is 4.61. The van der Waals surface area contributed by atoms with Crippen LogP contribution in [0.4, 0.5) is 0 Å². The molecule has 3 nitrogen and oxygen atoms in total. The van der Waals surface area contributed by atoms with Crippen LogP contribution < -0.4 is 5.73 Å². The largest absolute Gasteiger partial charge is 0.344 e. The number of fused-ring (bicyclic) bond motifs is 1. The lowest BCUT2D eigenvalue weighted by molar-refractivity contribution is 0.270. The van der Waals surface area contributed by atoms with Gasteiger partial charge >= 0.3 is 0 Å². The summed E-state index contributed by atoms with van der Waals surface area (Å²) >= 11 is 0. The second-order valence-corrected chi connectivity index (χ2v) is 6.12. The zero-order valence-electron chi connectivity index (χ0n) is 13.1. The number of aromatic nitrogens is 1. The van der Waals surface area contributed by atoms with E-state index in [4.69, 9.17) is 5.73 Å². The van der Waals surface area contributed by atoms with E-state index < -0.39 is 0 Å². The van der Waals surface area contributed by atoms with E-state index in [1.165, 1.54) is 60.9 Å². The summed E-state index contributed by atoms with van der Waals surface area (Å²) in [6.45, 7) is 7.45. The van der Waals surface area contributed by atoms with Gasteiger partial charge in [-0.05, 0) is 50.6 Å². The Morgan fingerprint density at radius 1 is 1.10 bits per heavy atom. The van der Waals surface area contributed by atoms with E-state index in [1.807, 2.05) is 0 Å². The molecule has 0 spiro atoms. The summed E-state index contributed by atoms with van der Waals surface area (Å²) < 4.78 is 2.46. The van der Waals surface area contributed by atoms with Crippen LogP contribution in [0.1, 0.15) is 43.9 Å². The Balaban J connectivity index is 1.93. The van der Waals surface area contributed by atoms with Crippen LogP contribution in [-0.2, 0) is 19.6 Å². The SMILES string of the molecule is CCn1c(CN2CCCCCC2)cc2c(CN)cccc21. The minimum absolute atomic E-state index is 0.619. The topological polar surface area (TPSA) is 34.2 Å². The normalized spacial score (nSPS) is 17.2. The first-order chi connectivity index (χ1) is 10.3. The summed E-state index contributed by atoms with van der Waals surface area (Å²) in [4.78, 5) is 2.62. The monoisotopic (exact) mass is 285 g/mol. The lowest BCUT2D eigenvalue weighted by Crippen LogP contribution is -2.25. The van der Waals surface area contributed by atoms with Gasteiger partial charge in [-0.25, -0.2) is 0 Å². The molecule has 114 valence electrons. The number of benzene rings is 1. The number of nitrogens with zero attached hydrogens (tertiary/aromatic N) is 2. The highest BCUT2D eigenvalue weighted by Crippen LogP contribution is 2.25. The van der Waals surface area contributed by atoms with Crippen molar-refractivity contribution in [2.75, 3.05) is 13.1 Å². The van der Waals surface area contributed by atoms with Crippen molar-refractivity contribution < 1.29 is 0 Å². The highest BCUT2D eigenvalue weighted by atomic mass is 15.1. The van der Waals surface area contributed by atoms with Crippen molar-refractivity contribution in [1.29, 1.82) is 0 Å². The summed E-state index contributed by atoms with van der Waals surface area (Å²) in [5, 5.41) is 1.34. The Hall–Kier alpha value is -1.32. The van der Waals surface area contributed by atoms with Gasteiger partial charge in [-0.2, -0.15) is 0 Å². The van der Waals surface area contributed by atoms with Crippen molar-refractivity contribution in [1.82, 2.24) is 9.47 Å². The van der Waals surface area contributed by atoms with Gasteiger partial charge in [0.1, 0.15) is 0 Å². The molecule has 3 heteroatoms. The van der Waals surface area contributed by atoms with Gasteiger partial charge in [0.15, 0.2) is 0 Å². The van der Waals surface area contributed by atoms with Gasteiger partial charge < -0.3 is 10.3 Å². The highest BCUT2D eigenvalue weighted by Gasteiger charge is 2.14. The average Bonchev–Trinajstić information content (AvgIpc) is 2.68. The molecule has 0 unspecified atom stereocenters. The molecule has 1 aliphatic heterocycles. The zero-order chi connectivity index (χ0) is 14.7. The van der Waals surface area contributed by atoms with Crippen LogP contribution in [0.25, 0.3) is 10.9 Å². The van der Waals surface area contributed by atoms with Crippen LogP contribution in [0.5, 0.6) is 0 Å². The maximum absolute atomic E-state index is 5.90. The predicted molar refractivity (Wildman–Crippen MR) is 89.2 cm³/mol. The third-order valence-corrected chi connectivity index (χ3v) is 4.74. The van der Waals surface area contributed by atoms with Crippen LogP contribution in [0.3, 0.4) is 0 Å². The number of rotatable bonds is 4. The molecule has 0 bridgehead atoms. The van der Waals surface area contributed by atoms with Crippen molar-refractivity contribution in [3.8, 4) is 0 Å². The maximum Gasteiger partial charge on any atom is 0.0486 e. The molecule has 0 saturated carbocycles. The van der Waals surface area contributed by atoms with E-state index in [0.29, 0.717) is 6.54 Å². The van der Waals surface area contributed by atoms with Crippen LogP contribution >= 0.6 is 0 Å². The molecular formula is C18H27N3. The minimum Gasteiger partial charge on any atom is -0.344 e. The van der Waals surface area contributed by atoms with Crippen molar-refractivity contribution >= 4 is 10.9 Å². The first kappa shape index (κ1) is 14.6. The molecule has 0 radical (unpaired) electrons. The van der Waals surface area contributed by atoms with Crippen LogP contribution in [0, 0.1) is 0 Å². The van der Waals surface area contributed by atoms with Gasteiger partial charge in [0.25, 0.3) is 0 Å². The lowest BCUT2D eigenvalue weighted by atomic mass is 10.1. The first-order valence-electron chi connectivity index (χ1n) is 8.36. The van der Waals surface area contributed by atoms with Crippen molar-refractivity contribution in [2.45, 2.75) is 52.2 Å².